The number of hydrogen-bond donors (Lipinski definition) is 2. The monoisotopic (exact) mass is 195 g/mol. The van der Waals surface area contributed by atoms with Crippen molar-refractivity contribution in [3.8, 4) is 11.5 Å². The highest BCUT2D eigenvalue weighted by molar-refractivity contribution is 5.47. The lowest BCUT2D eigenvalue weighted by atomic mass is 10.2. The number of rotatable bonds is 4. The van der Waals surface area contributed by atoms with E-state index in [1.807, 2.05) is 18.2 Å². The first kappa shape index (κ1) is 9.30. The van der Waals surface area contributed by atoms with Crippen LogP contribution >= 0.6 is 0 Å². The van der Waals surface area contributed by atoms with Gasteiger partial charge in [0.25, 0.3) is 0 Å². The van der Waals surface area contributed by atoms with Crippen molar-refractivity contribution in [3.05, 3.63) is 23.8 Å². The second kappa shape index (κ2) is 4.30. The number of aliphatic hydroxyl groups excluding tert-OH is 1. The Morgan fingerprint density at radius 1 is 1.36 bits per heavy atom. The molecule has 1 aromatic rings. The summed E-state index contributed by atoms with van der Waals surface area (Å²) in [6.45, 7) is 1.72. The number of para-hydroxylation sites is 1. The van der Waals surface area contributed by atoms with Crippen LogP contribution in [0.25, 0.3) is 0 Å². The van der Waals surface area contributed by atoms with Gasteiger partial charge in [0.1, 0.15) is 0 Å². The Labute approximate surface area is 82.5 Å². The summed E-state index contributed by atoms with van der Waals surface area (Å²) in [5.74, 6) is 1.62. The van der Waals surface area contributed by atoms with Crippen LogP contribution in [0, 0.1) is 0 Å². The molecule has 4 heteroatoms. The van der Waals surface area contributed by atoms with E-state index in [0.29, 0.717) is 19.9 Å². The van der Waals surface area contributed by atoms with Crippen LogP contribution in [0.4, 0.5) is 0 Å². The van der Waals surface area contributed by atoms with Crippen LogP contribution in [0.3, 0.4) is 0 Å². The Kier molecular flexibility index (Phi) is 2.86. The Balaban J connectivity index is 2.06. The molecule has 0 aromatic heterocycles. The maximum Gasteiger partial charge on any atom is 0.231 e. The average molecular weight is 195 g/mol. The summed E-state index contributed by atoms with van der Waals surface area (Å²) in [7, 11) is 0. The molecule has 0 amide bonds. The molecule has 0 saturated heterocycles. The van der Waals surface area contributed by atoms with Crippen molar-refractivity contribution in [2.75, 3.05) is 19.9 Å². The van der Waals surface area contributed by atoms with Crippen molar-refractivity contribution in [2.24, 2.45) is 0 Å². The smallest absolute Gasteiger partial charge is 0.231 e. The van der Waals surface area contributed by atoms with Gasteiger partial charge >= 0.3 is 0 Å². The fourth-order valence-electron chi connectivity index (χ4n) is 1.43. The number of fused-ring (bicyclic) bond motifs is 1. The van der Waals surface area contributed by atoms with Crippen LogP contribution in [-0.2, 0) is 6.54 Å². The zero-order chi connectivity index (χ0) is 9.80. The second-order valence-corrected chi connectivity index (χ2v) is 3.05. The molecular formula is C10H13NO3. The molecule has 0 spiro atoms. The average Bonchev–Trinajstić information content (AvgIpc) is 2.67. The van der Waals surface area contributed by atoms with E-state index >= 15 is 0 Å². The second-order valence-electron chi connectivity index (χ2n) is 3.05. The topological polar surface area (TPSA) is 50.7 Å². The van der Waals surface area contributed by atoms with E-state index < -0.39 is 0 Å². The SMILES string of the molecule is OCCNCc1cccc2c1OCO2. The number of hydrogen-bond acceptors (Lipinski definition) is 4. The van der Waals surface area contributed by atoms with Crippen molar-refractivity contribution in [1.82, 2.24) is 5.32 Å². The first-order valence-electron chi connectivity index (χ1n) is 4.61. The molecule has 0 fully saturated rings. The van der Waals surface area contributed by atoms with Gasteiger partial charge in [-0.2, -0.15) is 0 Å². The zero-order valence-corrected chi connectivity index (χ0v) is 7.82. The number of benzene rings is 1. The van der Waals surface area contributed by atoms with Crippen molar-refractivity contribution in [3.63, 3.8) is 0 Å². The molecule has 1 aliphatic rings. The molecule has 0 radical (unpaired) electrons. The molecule has 0 unspecified atom stereocenters. The van der Waals surface area contributed by atoms with Gasteiger partial charge in [0.2, 0.25) is 6.79 Å². The molecule has 0 atom stereocenters. The standard InChI is InChI=1S/C10H13NO3/c12-5-4-11-6-8-2-1-3-9-10(8)14-7-13-9/h1-3,11-12H,4-7H2. The Morgan fingerprint density at radius 3 is 3.14 bits per heavy atom. The highest BCUT2D eigenvalue weighted by atomic mass is 16.7. The van der Waals surface area contributed by atoms with Crippen molar-refractivity contribution in [1.29, 1.82) is 0 Å². The summed E-state index contributed by atoms with van der Waals surface area (Å²) in [4.78, 5) is 0. The van der Waals surface area contributed by atoms with E-state index in [4.69, 9.17) is 14.6 Å². The zero-order valence-electron chi connectivity index (χ0n) is 7.82. The minimum atomic E-state index is 0.145. The third-order valence-electron chi connectivity index (χ3n) is 2.08. The van der Waals surface area contributed by atoms with Crippen molar-refractivity contribution >= 4 is 0 Å². The van der Waals surface area contributed by atoms with Crippen LogP contribution in [0.5, 0.6) is 11.5 Å². The predicted octanol–water partition coefficient (Wildman–Crippen LogP) is 0.497. The minimum absolute atomic E-state index is 0.145. The molecule has 2 N–H and O–H groups in total. The summed E-state index contributed by atoms with van der Waals surface area (Å²) < 4.78 is 10.6. The van der Waals surface area contributed by atoms with E-state index in [1.54, 1.807) is 0 Å². The van der Waals surface area contributed by atoms with Gasteiger partial charge in [-0.25, -0.2) is 0 Å². The molecule has 1 aliphatic heterocycles. The van der Waals surface area contributed by atoms with E-state index in [9.17, 15) is 0 Å². The van der Waals surface area contributed by atoms with Crippen LogP contribution in [-0.4, -0.2) is 25.1 Å². The first-order chi connectivity index (χ1) is 6.92. The highest BCUT2D eigenvalue weighted by Gasteiger charge is 2.16. The molecule has 14 heavy (non-hydrogen) atoms. The fourth-order valence-corrected chi connectivity index (χ4v) is 1.43. The lowest BCUT2D eigenvalue weighted by molar-refractivity contribution is 0.173. The molecule has 4 nitrogen and oxygen atoms in total. The summed E-state index contributed by atoms with van der Waals surface area (Å²) in [6.07, 6.45) is 0. The molecule has 0 bridgehead atoms. The quantitative estimate of drug-likeness (QED) is 0.687. The van der Waals surface area contributed by atoms with Crippen LogP contribution < -0.4 is 14.8 Å². The molecule has 2 rings (SSSR count). The molecule has 1 aromatic carbocycles. The summed E-state index contributed by atoms with van der Waals surface area (Å²) in [5.41, 5.74) is 1.06. The van der Waals surface area contributed by atoms with E-state index in [0.717, 1.165) is 17.1 Å². The van der Waals surface area contributed by atoms with Crippen LogP contribution in [0.1, 0.15) is 5.56 Å². The predicted molar refractivity (Wildman–Crippen MR) is 51.4 cm³/mol. The van der Waals surface area contributed by atoms with Gasteiger partial charge in [-0.15, -0.1) is 0 Å². The largest absolute Gasteiger partial charge is 0.454 e. The number of aliphatic hydroxyl groups is 1. The number of ether oxygens (including phenoxy) is 2. The Hall–Kier alpha value is -1.26. The third kappa shape index (κ3) is 1.81. The fraction of sp³-hybridized carbons (Fsp3) is 0.400. The van der Waals surface area contributed by atoms with Gasteiger partial charge in [-0.05, 0) is 6.07 Å². The maximum absolute atomic E-state index is 8.62. The maximum atomic E-state index is 8.62. The molecule has 0 saturated carbocycles. The van der Waals surface area contributed by atoms with Gasteiger partial charge in [-0.3, -0.25) is 0 Å². The minimum Gasteiger partial charge on any atom is -0.454 e. The number of nitrogens with one attached hydrogen (secondary N) is 1. The van der Waals surface area contributed by atoms with E-state index in [1.165, 1.54) is 0 Å². The van der Waals surface area contributed by atoms with Gasteiger partial charge in [0, 0.05) is 18.7 Å². The van der Waals surface area contributed by atoms with Crippen LogP contribution in [0.15, 0.2) is 18.2 Å². The normalized spacial score (nSPS) is 13.2. The molecule has 1 heterocycles. The van der Waals surface area contributed by atoms with Crippen molar-refractivity contribution in [2.45, 2.75) is 6.54 Å². The Morgan fingerprint density at radius 2 is 2.29 bits per heavy atom. The molecule has 76 valence electrons. The van der Waals surface area contributed by atoms with Gasteiger partial charge in [0.15, 0.2) is 11.5 Å². The van der Waals surface area contributed by atoms with Gasteiger partial charge in [-0.1, -0.05) is 12.1 Å². The summed E-state index contributed by atoms with van der Waals surface area (Å²) in [5, 5.41) is 11.7. The van der Waals surface area contributed by atoms with E-state index in [-0.39, 0.29) is 6.61 Å². The lowest BCUT2D eigenvalue weighted by Crippen LogP contribution is -2.17. The lowest BCUT2D eigenvalue weighted by Gasteiger charge is -2.05. The van der Waals surface area contributed by atoms with Gasteiger partial charge in [0.05, 0.1) is 6.61 Å². The highest BCUT2D eigenvalue weighted by Crippen LogP contribution is 2.34. The van der Waals surface area contributed by atoms with Gasteiger partial charge < -0.3 is 19.9 Å². The molecular weight excluding hydrogens is 182 g/mol. The van der Waals surface area contributed by atoms with Crippen molar-refractivity contribution < 1.29 is 14.6 Å². The van der Waals surface area contributed by atoms with Crippen LogP contribution in [0.2, 0.25) is 0 Å². The summed E-state index contributed by atoms with van der Waals surface area (Å²) in [6, 6.07) is 5.80. The third-order valence-corrected chi connectivity index (χ3v) is 2.08. The first-order valence-corrected chi connectivity index (χ1v) is 4.61. The van der Waals surface area contributed by atoms with E-state index in [2.05, 4.69) is 5.32 Å². The summed E-state index contributed by atoms with van der Waals surface area (Å²) >= 11 is 0. The molecule has 0 aliphatic carbocycles. The Bertz CT molecular complexity index is 314.